The molecule has 9 heteroatoms. The minimum atomic E-state index is -1.07. The van der Waals surface area contributed by atoms with Crippen molar-refractivity contribution in [3.8, 4) is 0 Å². The molecule has 0 saturated carbocycles. The second-order valence-electron chi connectivity index (χ2n) is 7.80. The third-order valence-electron chi connectivity index (χ3n) is 5.28. The molecule has 0 aliphatic carbocycles. The summed E-state index contributed by atoms with van der Waals surface area (Å²) >= 11 is 0. The summed E-state index contributed by atoms with van der Waals surface area (Å²) in [4.78, 5) is 33.4. The van der Waals surface area contributed by atoms with E-state index in [0.29, 0.717) is 69.3 Å². The summed E-state index contributed by atoms with van der Waals surface area (Å²) in [5.74, 6) is -1.86. The average Bonchev–Trinajstić information content (AvgIpc) is 2.66. The number of carboxylic acid groups (broad SMARTS) is 2. The number of amides is 1. The number of hydrogen-bond acceptors (Lipinski definition) is 5. The Labute approximate surface area is 203 Å². The number of aliphatic hydroxyl groups excluding tert-OH is 1. The molecule has 0 bridgehead atoms. The number of quaternary nitrogens is 1. The zero-order valence-corrected chi connectivity index (χ0v) is 21.0. The first-order chi connectivity index (χ1) is 13.8. The fourth-order valence-corrected chi connectivity index (χ4v) is 3.56. The summed E-state index contributed by atoms with van der Waals surface area (Å²) in [6, 6.07) is 0. The molecule has 0 aliphatic rings. The van der Waals surface area contributed by atoms with E-state index in [-0.39, 0.29) is 54.9 Å². The van der Waals surface area contributed by atoms with Crippen LogP contribution in [-0.2, 0) is 14.4 Å². The average molecular weight is 440 g/mol. The van der Waals surface area contributed by atoms with Crippen LogP contribution < -0.4 is 40.0 Å². The Morgan fingerprint density at radius 1 is 0.833 bits per heavy atom. The second-order valence-corrected chi connectivity index (χ2v) is 7.80. The zero-order valence-electron chi connectivity index (χ0n) is 19.0. The fraction of sp³-hybridized carbons (Fsp3) is 0.857. The molecule has 1 amide bonds. The van der Waals surface area contributed by atoms with Gasteiger partial charge in [-0.1, -0.05) is 26.2 Å². The molecule has 0 spiro atoms. The molecule has 0 radical (unpaired) electrons. The van der Waals surface area contributed by atoms with E-state index in [1.54, 1.807) is 0 Å². The minimum absolute atomic E-state index is 0. The molecule has 8 nitrogen and oxygen atoms in total. The van der Waals surface area contributed by atoms with Gasteiger partial charge in [-0.05, 0) is 38.5 Å². The molecular weight excluding hydrogens is 399 g/mol. The van der Waals surface area contributed by atoms with Gasteiger partial charge in [0.25, 0.3) is 0 Å². The van der Waals surface area contributed by atoms with Gasteiger partial charge < -0.3 is 29.9 Å². The molecule has 0 aliphatic heterocycles. The first kappa shape index (κ1) is 31.5. The molecule has 0 saturated heterocycles. The summed E-state index contributed by atoms with van der Waals surface area (Å²) in [5.41, 5.74) is 0. The van der Waals surface area contributed by atoms with E-state index in [2.05, 4.69) is 12.2 Å². The van der Waals surface area contributed by atoms with Crippen molar-refractivity contribution in [2.24, 2.45) is 0 Å². The number of unbranched alkanes of at least 4 members (excludes halogenated alkanes) is 5. The van der Waals surface area contributed by atoms with Crippen LogP contribution in [0.25, 0.3) is 0 Å². The van der Waals surface area contributed by atoms with Crippen LogP contribution in [0.1, 0.15) is 77.6 Å². The second kappa shape index (κ2) is 20.2. The summed E-state index contributed by atoms with van der Waals surface area (Å²) in [6.45, 7) is 5.14. The Balaban J connectivity index is 0. The number of carboxylic acids is 2. The van der Waals surface area contributed by atoms with Gasteiger partial charge in [0.1, 0.15) is 6.54 Å². The number of rotatable bonds is 20. The van der Waals surface area contributed by atoms with Crippen molar-refractivity contribution in [3.05, 3.63) is 0 Å². The SMILES string of the molecule is CCCCCCC(=O)NCC[N+](CCO)(CCCCC(=O)[O-])CCCCC(=O)O.[Na+]. The Hall–Kier alpha value is -0.670. The van der Waals surface area contributed by atoms with E-state index in [1.165, 1.54) is 0 Å². The molecule has 1 atom stereocenters. The number of aliphatic hydroxyl groups is 1. The van der Waals surface area contributed by atoms with Gasteiger partial charge in [0.2, 0.25) is 5.91 Å². The van der Waals surface area contributed by atoms with E-state index >= 15 is 0 Å². The summed E-state index contributed by atoms with van der Waals surface area (Å²) in [6.07, 6.45) is 7.28. The summed E-state index contributed by atoms with van der Waals surface area (Å²) in [7, 11) is 0. The van der Waals surface area contributed by atoms with Crippen LogP contribution in [-0.4, -0.2) is 71.9 Å². The van der Waals surface area contributed by atoms with Crippen LogP contribution >= 0.6 is 0 Å². The molecule has 0 aromatic rings. The Kier molecular flexibility index (Phi) is 21.3. The van der Waals surface area contributed by atoms with Crippen LogP contribution in [0, 0.1) is 0 Å². The number of carbonyl (C=O) groups is 3. The molecule has 0 fully saturated rings. The molecule has 3 N–H and O–H groups in total. The number of carbonyl (C=O) groups excluding carboxylic acids is 2. The maximum atomic E-state index is 12.0. The number of nitrogens with zero attached hydrogens (tertiary/aromatic N) is 1. The molecule has 0 aromatic carbocycles. The maximum Gasteiger partial charge on any atom is 1.00 e. The van der Waals surface area contributed by atoms with Crippen LogP contribution in [0.3, 0.4) is 0 Å². The van der Waals surface area contributed by atoms with Crippen molar-refractivity contribution in [2.45, 2.75) is 77.6 Å². The third-order valence-corrected chi connectivity index (χ3v) is 5.28. The molecule has 1 unspecified atom stereocenters. The van der Waals surface area contributed by atoms with E-state index < -0.39 is 11.9 Å². The van der Waals surface area contributed by atoms with Crippen LogP contribution in [0.4, 0.5) is 0 Å². The van der Waals surface area contributed by atoms with Gasteiger partial charge in [-0.25, -0.2) is 0 Å². The van der Waals surface area contributed by atoms with E-state index in [1.807, 2.05) is 0 Å². The van der Waals surface area contributed by atoms with Crippen molar-refractivity contribution in [1.82, 2.24) is 5.32 Å². The number of aliphatic carboxylic acids is 2. The monoisotopic (exact) mass is 439 g/mol. The van der Waals surface area contributed by atoms with Gasteiger partial charge in [-0.3, -0.25) is 9.59 Å². The predicted molar refractivity (Wildman–Crippen MR) is 109 cm³/mol. The minimum Gasteiger partial charge on any atom is -0.550 e. The van der Waals surface area contributed by atoms with E-state index in [9.17, 15) is 24.6 Å². The first-order valence-corrected chi connectivity index (χ1v) is 11.0. The zero-order chi connectivity index (χ0) is 22.0. The normalized spacial score (nSPS) is 12.6. The Morgan fingerprint density at radius 3 is 1.97 bits per heavy atom. The molecule has 30 heavy (non-hydrogen) atoms. The first-order valence-electron chi connectivity index (χ1n) is 11.0. The van der Waals surface area contributed by atoms with Gasteiger partial charge in [0.05, 0.1) is 32.8 Å². The summed E-state index contributed by atoms with van der Waals surface area (Å²) < 4.78 is 0.555. The Morgan fingerprint density at radius 2 is 1.43 bits per heavy atom. The molecule has 0 aromatic heterocycles. The van der Waals surface area contributed by atoms with Gasteiger partial charge in [0, 0.05) is 18.8 Å². The van der Waals surface area contributed by atoms with Gasteiger partial charge in [-0.2, -0.15) is 0 Å². The van der Waals surface area contributed by atoms with Gasteiger partial charge in [-0.15, -0.1) is 0 Å². The molecule has 0 heterocycles. The summed E-state index contributed by atoms with van der Waals surface area (Å²) in [5, 5.41) is 32.0. The smallest absolute Gasteiger partial charge is 0.550 e. The van der Waals surface area contributed by atoms with Crippen molar-refractivity contribution in [2.75, 3.05) is 39.3 Å². The molecule has 170 valence electrons. The number of hydrogen-bond donors (Lipinski definition) is 3. The maximum absolute atomic E-state index is 12.0. The van der Waals surface area contributed by atoms with Gasteiger partial charge in [0.15, 0.2) is 0 Å². The molecule has 0 rings (SSSR count). The largest absolute Gasteiger partial charge is 1.00 e. The van der Waals surface area contributed by atoms with Crippen molar-refractivity contribution in [1.29, 1.82) is 0 Å². The van der Waals surface area contributed by atoms with E-state index in [4.69, 9.17) is 5.11 Å². The Bertz CT molecular complexity index is 454. The van der Waals surface area contributed by atoms with Crippen LogP contribution in [0.15, 0.2) is 0 Å². The quantitative estimate of drug-likeness (QED) is 0.115. The fourth-order valence-electron chi connectivity index (χ4n) is 3.56. The van der Waals surface area contributed by atoms with Gasteiger partial charge >= 0.3 is 35.5 Å². The van der Waals surface area contributed by atoms with Crippen LogP contribution in [0.5, 0.6) is 0 Å². The van der Waals surface area contributed by atoms with Crippen LogP contribution in [0.2, 0.25) is 0 Å². The number of nitrogens with one attached hydrogen (secondary N) is 1. The third kappa shape index (κ3) is 18.1. The standard InChI is InChI=1S/C21H40N2O6.Na/c1-2-3-4-5-10-19(25)22-13-16-23(17-18-24,14-8-6-11-20(26)27)15-9-7-12-21(28)29;/h24H,2-18H2,1H3,(H2-,22,25,26,27,28,29);/q;+1. The predicted octanol–water partition coefficient (Wildman–Crippen LogP) is -1.94. The topological polar surface area (TPSA) is 127 Å². The van der Waals surface area contributed by atoms with Crippen molar-refractivity contribution >= 4 is 17.8 Å². The van der Waals surface area contributed by atoms with Crippen molar-refractivity contribution in [3.63, 3.8) is 0 Å². The van der Waals surface area contributed by atoms with E-state index in [0.717, 1.165) is 25.7 Å². The van der Waals surface area contributed by atoms with Crippen molar-refractivity contribution < 1.29 is 63.7 Å². The molecular formula is C21H40N2NaO6+.